The van der Waals surface area contributed by atoms with Gasteiger partial charge < -0.3 is 0 Å². The van der Waals surface area contributed by atoms with E-state index in [0.29, 0.717) is 17.8 Å². The number of nitrogens with two attached hydrogens (primary N) is 1. The molecule has 0 aromatic heterocycles. The van der Waals surface area contributed by atoms with Crippen molar-refractivity contribution in [2.45, 2.75) is 64.4 Å². The first-order valence-electron chi connectivity index (χ1n) is 9.08. The Labute approximate surface area is 145 Å². The molecule has 24 heavy (non-hydrogen) atoms. The van der Waals surface area contributed by atoms with Crippen molar-refractivity contribution in [2.75, 3.05) is 0 Å². The van der Waals surface area contributed by atoms with E-state index in [-0.39, 0.29) is 11.5 Å². The Kier molecular flexibility index (Phi) is 3.83. The first kappa shape index (κ1) is 16.6. The third-order valence-corrected chi connectivity index (χ3v) is 7.55. The van der Waals surface area contributed by atoms with Crippen LogP contribution in [0.4, 0.5) is 0 Å². The topological polar surface area (TPSA) is 69.4 Å². The molecule has 1 aromatic rings. The van der Waals surface area contributed by atoms with Crippen LogP contribution in [0, 0.1) is 24.2 Å². The minimum absolute atomic E-state index is 0.0597. The van der Waals surface area contributed by atoms with E-state index in [0.717, 1.165) is 32.1 Å². The van der Waals surface area contributed by atoms with E-state index in [2.05, 4.69) is 32.0 Å². The summed E-state index contributed by atoms with van der Waals surface area (Å²) in [5, 5.41) is 5.16. The van der Waals surface area contributed by atoms with E-state index in [1.54, 1.807) is 0 Å². The molecule has 0 amide bonds. The summed E-state index contributed by atoms with van der Waals surface area (Å²) in [6.07, 6.45) is 6.11. The Morgan fingerprint density at radius 1 is 1.21 bits per heavy atom. The van der Waals surface area contributed by atoms with E-state index in [9.17, 15) is 8.42 Å². The summed E-state index contributed by atoms with van der Waals surface area (Å²) in [7, 11) is -3.88. The SMILES string of the molecule is Cc1ccc2c(c1)CC[C@@H]1[C@@H]2CC[C@]2(C)[C@@H](OS(N)(=O)=O)CC[C@@H]12. The quantitative estimate of drug-likeness (QED) is 0.889. The minimum atomic E-state index is -3.88. The van der Waals surface area contributed by atoms with Crippen LogP contribution in [-0.4, -0.2) is 14.5 Å². The molecule has 3 aliphatic rings. The summed E-state index contributed by atoms with van der Waals surface area (Å²) < 4.78 is 28.2. The van der Waals surface area contributed by atoms with Crippen molar-refractivity contribution < 1.29 is 12.6 Å². The average molecular weight is 349 g/mol. The second-order valence-electron chi connectivity index (χ2n) is 8.32. The Morgan fingerprint density at radius 2 is 2.00 bits per heavy atom. The fourth-order valence-corrected chi connectivity index (χ4v) is 6.62. The Morgan fingerprint density at radius 3 is 2.75 bits per heavy atom. The molecule has 4 rings (SSSR count). The molecule has 5 heteroatoms. The van der Waals surface area contributed by atoms with E-state index >= 15 is 0 Å². The normalized spacial score (nSPS) is 38.3. The fraction of sp³-hybridized carbons (Fsp3) is 0.684. The molecule has 5 atom stereocenters. The molecule has 1 aromatic carbocycles. The zero-order chi connectivity index (χ0) is 17.1. The van der Waals surface area contributed by atoms with Crippen molar-refractivity contribution in [1.29, 1.82) is 0 Å². The van der Waals surface area contributed by atoms with Crippen LogP contribution < -0.4 is 5.14 Å². The van der Waals surface area contributed by atoms with Crippen molar-refractivity contribution in [2.24, 2.45) is 22.4 Å². The molecule has 0 spiro atoms. The first-order chi connectivity index (χ1) is 11.3. The highest BCUT2D eigenvalue weighted by atomic mass is 32.2. The van der Waals surface area contributed by atoms with Crippen molar-refractivity contribution in [3.05, 3.63) is 34.9 Å². The third-order valence-electron chi connectivity index (χ3n) is 7.05. The molecule has 0 saturated heterocycles. The van der Waals surface area contributed by atoms with Crippen molar-refractivity contribution in [3.8, 4) is 0 Å². The number of benzene rings is 1. The molecule has 132 valence electrons. The highest BCUT2D eigenvalue weighted by Gasteiger charge is 2.56. The van der Waals surface area contributed by atoms with Crippen molar-refractivity contribution in [3.63, 3.8) is 0 Å². The number of hydrogen-bond donors (Lipinski definition) is 1. The van der Waals surface area contributed by atoms with Gasteiger partial charge in [0.05, 0.1) is 6.10 Å². The van der Waals surface area contributed by atoms with Crippen LogP contribution in [0.15, 0.2) is 18.2 Å². The van der Waals surface area contributed by atoms with Crippen LogP contribution in [0.25, 0.3) is 0 Å². The fourth-order valence-electron chi connectivity index (χ4n) is 5.98. The molecular formula is C19H27NO3S. The summed E-state index contributed by atoms with van der Waals surface area (Å²) in [5.74, 6) is 1.81. The van der Waals surface area contributed by atoms with Crippen LogP contribution in [0.5, 0.6) is 0 Å². The lowest BCUT2D eigenvalue weighted by molar-refractivity contribution is -0.00801. The predicted molar refractivity (Wildman–Crippen MR) is 93.8 cm³/mol. The maximum atomic E-state index is 11.4. The molecular weight excluding hydrogens is 322 g/mol. The van der Waals surface area contributed by atoms with Gasteiger partial charge in [-0.3, -0.25) is 4.18 Å². The van der Waals surface area contributed by atoms with Crippen LogP contribution in [0.2, 0.25) is 0 Å². The largest absolute Gasteiger partial charge is 0.333 e. The van der Waals surface area contributed by atoms with E-state index in [1.165, 1.54) is 23.1 Å². The summed E-state index contributed by atoms with van der Waals surface area (Å²) in [4.78, 5) is 0. The van der Waals surface area contributed by atoms with Crippen LogP contribution in [0.3, 0.4) is 0 Å². The van der Waals surface area contributed by atoms with Gasteiger partial charge in [0.1, 0.15) is 0 Å². The maximum Gasteiger partial charge on any atom is 0.333 e. The van der Waals surface area contributed by atoms with Crippen LogP contribution in [-0.2, 0) is 20.9 Å². The molecule has 0 radical (unpaired) electrons. The molecule has 3 aliphatic carbocycles. The molecule has 0 bridgehead atoms. The maximum absolute atomic E-state index is 11.4. The second kappa shape index (κ2) is 5.55. The molecule has 0 unspecified atom stereocenters. The van der Waals surface area contributed by atoms with Crippen LogP contribution >= 0.6 is 0 Å². The third kappa shape index (κ3) is 2.61. The Bertz CT molecular complexity index is 760. The molecule has 0 aliphatic heterocycles. The Hall–Kier alpha value is -0.910. The lowest BCUT2D eigenvalue weighted by atomic mass is 9.55. The van der Waals surface area contributed by atoms with Gasteiger partial charge >= 0.3 is 10.3 Å². The number of rotatable bonds is 2. The lowest BCUT2D eigenvalue weighted by Crippen LogP contribution is -2.45. The number of hydrogen-bond acceptors (Lipinski definition) is 3. The van der Waals surface area contributed by atoms with Gasteiger partial charge in [-0.1, -0.05) is 30.7 Å². The highest BCUT2D eigenvalue weighted by molar-refractivity contribution is 7.84. The second-order valence-corrected chi connectivity index (χ2v) is 9.50. The minimum Gasteiger partial charge on any atom is -0.254 e. The summed E-state index contributed by atoms with van der Waals surface area (Å²) >= 11 is 0. The van der Waals surface area contributed by atoms with Gasteiger partial charge in [0.2, 0.25) is 0 Å². The van der Waals surface area contributed by atoms with Gasteiger partial charge in [0.15, 0.2) is 0 Å². The zero-order valence-corrected chi connectivity index (χ0v) is 15.3. The van der Waals surface area contributed by atoms with Gasteiger partial charge in [-0.15, -0.1) is 0 Å². The molecule has 0 heterocycles. The van der Waals surface area contributed by atoms with Gasteiger partial charge in [-0.05, 0) is 79.7 Å². The van der Waals surface area contributed by atoms with Gasteiger partial charge in [0, 0.05) is 0 Å². The van der Waals surface area contributed by atoms with Crippen LogP contribution in [0.1, 0.15) is 61.6 Å². The Balaban J connectivity index is 1.63. The molecule has 2 N–H and O–H groups in total. The van der Waals surface area contributed by atoms with Gasteiger partial charge in [-0.2, -0.15) is 8.42 Å². The smallest absolute Gasteiger partial charge is 0.254 e. The molecule has 2 saturated carbocycles. The zero-order valence-electron chi connectivity index (χ0n) is 14.5. The van der Waals surface area contributed by atoms with E-state index < -0.39 is 10.3 Å². The van der Waals surface area contributed by atoms with E-state index in [1.807, 2.05) is 0 Å². The first-order valence-corrected chi connectivity index (χ1v) is 10.6. The van der Waals surface area contributed by atoms with E-state index in [4.69, 9.17) is 9.32 Å². The van der Waals surface area contributed by atoms with Crippen molar-refractivity contribution >= 4 is 10.3 Å². The standard InChI is InChI=1S/C19H27NO3S/c1-12-3-5-14-13(11-12)4-6-16-15(14)9-10-19(2)17(16)7-8-18(19)23-24(20,21)22/h3,5,11,15-18H,4,6-10H2,1-2H3,(H2,20,21,22)/t15-,16-,17+,18+,19+/m1/s1. The summed E-state index contributed by atoms with van der Waals surface area (Å²) in [6, 6.07) is 6.91. The van der Waals surface area contributed by atoms with Gasteiger partial charge in [0.25, 0.3) is 0 Å². The van der Waals surface area contributed by atoms with Crippen molar-refractivity contribution in [1.82, 2.24) is 0 Å². The predicted octanol–water partition coefficient (Wildman–Crippen LogP) is 3.44. The molecule has 2 fully saturated rings. The lowest BCUT2D eigenvalue weighted by Gasteiger charge is -2.50. The summed E-state index contributed by atoms with van der Waals surface area (Å²) in [5.41, 5.74) is 4.34. The van der Waals surface area contributed by atoms with Gasteiger partial charge in [-0.25, -0.2) is 5.14 Å². The number of fused-ring (bicyclic) bond motifs is 5. The summed E-state index contributed by atoms with van der Waals surface area (Å²) in [6.45, 7) is 4.39. The highest BCUT2D eigenvalue weighted by Crippen LogP contribution is 2.61. The molecule has 4 nitrogen and oxygen atoms in total. The number of aryl methyl sites for hydroxylation is 2. The monoisotopic (exact) mass is 349 g/mol. The average Bonchev–Trinajstić information content (AvgIpc) is 2.82.